The van der Waals surface area contributed by atoms with E-state index in [2.05, 4.69) is 14.9 Å². The number of aromatic nitrogens is 2. The van der Waals surface area contributed by atoms with Gasteiger partial charge >= 0.3 is 0 Å². The van der Waals surface area contributed by atoms with Crippen molar-refractivity contribution < 1.29 is 0 Å². The van der Waals surface area contributed by atoms with E-state index in [9.17, 15) is 0 Å². The van der Waals surface area contributed by atoms with Crippen molar-refractivity contribution in [3.05, 3.63) is 18.1 Å². The maximum Gasteiger partial charge on any atom is 0.132 e. The second-order valence-corrected chi connectivity index (χ2v) is 5.04. The molecule has 1 aromatic rings. The molecule has 4 heteroatoms. The lowest BCUT2D eigenvalue weighted by Gasteiger charge is -2.36. The first-order chi connectivity index (χ1) is 7.74. The van der Waals surface area contributed by atoms with Crippen LogP contribution >= 0.6 is 0 Å². The summed E-state index contributed by atoms with van der Waals surface area (Å²) in [5, 5.41) is 0. The third kappa shape index (κ3) is 1.57. The molecule has 1 saturated heterocycles. The summed E-state index contributed by atoms with van der Waals surface area (Å²) in [6.07, 6.45) is 4.41. The summed E-state index contributed by atoms with van der Waals surface area (Å²) in [6.45, 7) is 4.07. The molecule has 1 aliphatic carbocycles. The Bertz CT molecular complexity index is 378. The van der Waals surface area contributed by atoms with Crippen LogP contribution < -0.4 is 10.6 Å². The molecule has 0 spiro atoms. The van der Waals surface area contributed by atoms with Crippen molar-refractivity contribution in [1.29, 1.82) is 0 Å². The van der Waals surface area contributed by atoms with Gasteiger partial charge < -0.3 is 10.6 Å². The van der Waals surface area contributed by atoms with E-state index in [0.29, 0.717) is 17.9 Å². The molecule has 1 aliphatic heterocycles. The minimum absolute atomic E-state index is 0.416. The zero-order chi connectivity index (χ0) is 11.1. The Morgan fingerprint density at radius 2 is 2.00 bits per heavy atom. The first-order valence-corrected chi connectivity index (χ1v) is 6.04. The zero-order valence-corrected chi connectivity index (χ0v) is 9.63. The first-order valence-electron chi connectivity index (χ1n) is 6.04. The van der Waals surface area contributed by atoms with Gasteiger partial charge in [-0.1, -0.05) is 0 Å². The average molecular weight is 218 g/mol. The van der Waals surface area contributed by atoms with Crippen molar-refractivity contribution in [2.45, 2.75) is 25.8 Å². The number of nitrogens with two attached hydrogens (primary N) is 1. The van der Waals surface area contributed by atoms with Crippen LogP contribution in [0.4, 0.5) is 5.82 Å². The Kier molecular flexibility index (Phi) is 2.32. The standard InChI is InChI=1S/C12H18N4/c1-8-14-5-4-11(15-8)16-6-9-2-3-10(7-16)12(9)13/h4-5,9-10,12H,2-3,6-7,13H2,1H3/t9-,10+,12-. The smallest absolute Gasteiger partial charge is 0.132 e. The van der Waals surface area contributed by atoms with Gasteiger partial charge in [-0.15, -0.1) is 0 Å². The Hall–Kier alpha value is -1.16. The molecule has 0 unspecified atom stereocenters. The van der Waals surface area contributed by atoms with E-state index in [4.69, 9.17) is 5.73 Å². The van der Waals surface area contributed by atoms with Crippen molar-refractivity contribution in [1.82, 2.24) is 9.97 Å². The summed E-state index contributed by atoms with van der Waals surface area (Å²) in [5.41, 5.74) is 6.20. The first kappa shape index (κ1) is 10.0. The van der Waals surface area contributed by atoms with Crippen molar-refractivity contribution in [3.63, 3.8) is 0 Å². The van der Waals surface area contributed by atoms with Crippen LogP contribution in [0.15, 0.2) is 12.3 Å². The summed E-state index contributed by atoms with van der Waals surface area (Å²) < 4.78 is 0. The van der Waals surface area contributed by atoms with E-state index < -0.39 is 0 Å². The molecule has 2 fully saturated rings. The highest BCUT2D eigenvalue weighted by molar-refractivity contribution is 5.39. The van der Waals surface area contributed by atoms with Gasteiger partial charge in [0.25, 0.3) is 0 Å². The van der Waals surface area contributed by atoms with Gasteiger partial charge in [0.15, 0.2) is 0 Å². The van der Waals surface area contributed by atoms with Crippen LogP contribution in [0, 0.1) is 18.8 Å². The van der Waals surface area contributed by atoms with E-state index in [1.807, 2.05) is 19.2 Å². The molecule has 3 rings (SSSR count). The minimum atomic E-state index is 0.416. The third-order valence-electron chi connectivity index (χ3n) is 3.99. The molecule has 16 heavy (non-hydrogen) atoms. The number of fused-ring (bicyclic) bond motifs is 2. The summed E-state index contributed by atoms with van der Waals surface area (Å²) in [7, 11) is 0. The Morgan fingerprint density at radius 3 is 2.62 bits per heavy atom. The fourth-order valence-electron chi connectivity index (χ4n) is 3.07. The van der Waals surface area contributed by atoms with Crippen molar-refractivity contribution in [3.8, 4) is 0 Å². The van der Waals surface area contributed by atoms with Gasteiger partial charge in [-0.3, -0.25) is 0 Å². The lowest BCUT2D eigenvalue weighted by Crippen LogP contribution is -2.49. The number of hydrogen-bond acceptors (Lipinski definition) is 4. The van der Waals surface area contributed by atoms with E-state index >= 15 is 0 Å². The highest BCUT2D eigenvalue weighted by Crippen LogP contribution is 2.36. The van der Waals surface area contributed by atoms with Crippen molar-refractivity contribution in [2.24, 2.45) is 17.6 Å². The van der Waals surface area contributed by atoms with E-state index in [1.54, 1.807) is 0 Å². The van der Waals surface area contributed by atoms with Crippen LogP contribution in [0.25, 0.3) is 0 Å². The second-order valence-electron chi connectivity index (χ2n) is 5.04. The van der Waals surface area contributed by atoms with Crippen LogP contribution in [-0.4, -0.2) is 29.1 Å². The summed E-state index contributed by atoms with van der Waals surface area (Å²) >= 11 is 0. The van der Waals surface area contributed by atoms with Crippen molar-refractivity contribution >= 4 is 5.82 Å². The Balaban J connectivity index is 1.83. The van der Waals surface area contributed by atoms with Gasteiger partial charge in [0.2, 0.25) is 0 Å². The molecular weight excluding hydrogens is 200 g/mol. The van der Waals surface area contributed by atoms with Crippen LogP contribution in [-0.2, 0) is 0 Å². The normalized spacial score (nSPS) is 33.1. The largest absolute Gasteiger partial charge is 0.356 e. The van der Waals surface area contributed by atoms with E-state index in [1.165, 1.54) is 12.8 Å². The maximum atomic E-state index is 6.20. The fourth-order valence-corrected chi connectivity index (χ4v) is 3.07. The Labute approximate surface area is 95.9 Å². The van der Waals surface area contributed by atoms with Crippen LogP contribution in [0.1, 0.15) is 18.7 Å². The topological polar surface area (TPSA) is 55.0 Å². The molecule has 1 aromatic heterocycles. The predicted octanol–water partition coefficient (Wildman–Crippen LogP) is 0.959. The lowest BCUT2D eigenvalue weighted by molar-refractivity contribution is 0.355. The monoisotopic (exact) mass is 218 g/mol. The molecule has 1 saturated carbocycles. The maximum absolute atomic E-state index is 6.20. The van der Waals surface area contributed by atoms with Crippen LogP contribution in [0.5, 0.6) is 0 Å². The van der Waals surface area contributed by atoms with Gasteiger partial charge in [0.1, 0.15) is 11.6 Å². The molecular formula is C12H18N4. The quantitative estimate of drug-likeness (QED) is 0.762. The summed E-state index contributed by atoms with van der Waals surface area (Å²) in [6, 6.07) is 2.42. The second kappa shape index (κ2) is 3.70. The summed E-state index contributed by atoms with van der Waals surface area (Å²) in [4.78, 5) is 11.0. The number of rotatable bonds is 1. The molecule has 2 N–H and O–H groups in total. The van der Waals surface area contributed by atoms with E-state index in [0.717, 1.165) is 24.7 Å². The van der Waals surface area contributed by atoms with Crippen LogP contribution in [0.3, 0.4) is 0 Å². The SMILES string of the molecule is Cc1nccc(N2C[C@H]3CC[C@@H](C2)[C@@H]3N)n1. The van der Waals surface area contributed by atoms with Crippen LogP contribution in [0.2, 0.25) is 0 Å². The average Bonchev–Trinajstić information content (AvgIpc) is 2.53. The van der Waals surface area contributed by atoms with Crippen molar-refractivity contribution in [2.75, 3.05) is 18.0 Å². The molecule has 2 aliphatic rings. The third-order valence-corrected chi connectivity index (χ3v) is 3.99. The molecule has 0 aromatic carbocycles. The number of anilines is 1. The number of aryl methyl sites for hydroxylation is 1. The van der Waals surface area contributed by atoms with Gasteiger partial charge in [0, 0.05) is 25.3 Å². The predicted molar refractivity (Wildman–Crippen MR) is 63.2 cm³/mol. The molecule has 86 valence electrons. The van der Waals surface area contributed by atoms with Gasteiger partial charge in [0.05, 0.1) is 0 Å². The molecule has 3 atom stereocenters. The zero-order valence-electron chi connectivity index (χ0n) is 9.63. The molecule has 4 nitrogen and oxygen atoms in total. The Morgan fingerprint density at radius 1 is 1.31 bits per heavy atom. The number of hydrogen-bond donors (Lipinski definition) is 1. The molecule has 2 heterocycles. The van der Waals surface area contributed by atoms with E-state index in [-0.39, 0.29) is 0 Å². The molecule has 2 bridgehead atoms. The highest BCUT2D eigenvalue weighted by atomic mass is 15.2. The minimum Gasteiger partial charge on any atom is -0.356 e. The molecule has 0 radical (unpaired) electrons. The number of nitrogens with zero attached hydrogens (tertiary/aromatic N) is 3. The lowest BCUT2D eigenvalue weighted by atomic mass is 9.93. The number of piperidine rings is 1. The molecule has 0 amide bonds. The van der Waals surface area contributed by atoms with Gasteiger partial charge in [-0.2, -0.15) is 0 Å². The summed E-state index contributed by atoms with van der Waals surface area (Å²) in [5.74, 6) is 3.24. The van der Waals surface area contributed by atoms with Gasteiger partial charge in [-0.25, -0.2) is 9.97 Å². The highest BCUT2D eigenvalue weighted by Gasteiger charge is 2.40. The fraction of sp³-hybridized carbons (Fsp3) is 0.667. The van der Waals surface area contributed by atoms with Gasteiger partial charge in [-0.05, 0) is 37.7 Å².